The Balaban J connectivity index is 1.89. The van der Waals surface area contributed by atoms with Crippen LogP contribution in [-0.2, 0) is 4.74 Å². The number of likely N-dealkylation sites (tertiary alicyclic amines) is 1. The van der Waals surface area contributed by atoms with Crippen molar-refractivity contribution in [3.8, 4) is 0 Å². The lowest BCUT2D eigenvalue weighted by Crippen LogP contribution is -2.47. The number of benzene rings is 1. The summed E-state index contributed by atoms with van der Waals surface area (Å²) in [6, 6.07) is 4.06. The Bertz CT molecular complexity index is 558. The third-order valence-electron chi connectivity index (χ3n) is 3.59. The normalized spacial score (nSPS) is 15.3. The van der Waals surface area contributed by atoms with E-state index in [2.05, 4.69) is 5.32 Å². The Hall–Kier alpha value is -1.53. The highest BCUT2D eigenvalue weighted by Crippen LogP contribution is 2.22. The van der Waals surface area contributed by atoms with Crippen molar-refractivity contribution in [1.82, 2.24) is 10.2 Å². The van der Waals surface area contributed by atoms with Crippen LogP contribution in [0.15, 0.2) is 18.2 Å². The van der Waals surface area contributed by atoms with Crippen molar-refractivity contribution in [2.45, 2.75) is 18.9 Å². The number of alkyl carbamates (subject to hydrolysis) is 1. The summed E-state index contributed by atoms with van der Waals surface area (Å²) in [7, 11) is 0. The second kappa shape index (κ2) is 8.36. The first-order chi connectivity index (χ1) is 11.0. The highest BCUT2D eigenvalue weighted by atomic mass is 35.5. The number of amides is 2. The minimum atomic E-state index is -0.632. The first-order valence-electron chi connectivity index (χ1n) is 7.25. The summed E-state index contributed by atoms with van der Waals surface area (Å²) in [6.07, 6.45) is 0.606. The Morgan fingerprint density at radius 3 is 2.65 bits per heavy atom. The van der Waals surface area contributed by atoms with Crippen molar-refractivity contribution in [3.05, 3.63) is 34.6 Å². The first-order valence-corrected chi connectivity index (χ1v) is 8.16. The van der Waals surface area contributed by atoms with Crippen molar-refractivity contribution in [1.29, 1.82) is 0 Å². The van der Waals surface area contributed by atoms with Crippen LogP contribution in [0.3, 0.4) is 0 Å². The molecule has 126 valence electrons. The number of alkyl halides is 1. The lowest BCUT2D eigenvalue weighted by atomic mass is 10.0. The van der Waals surface area contributed by atoms with Crippen LogP contribution in [0, 0.1) is 5.82 Å². The van der Waals surface area contributed by atoms with Crippen LogP contribution in [0.25, 0.3) is 0 Å². The fraction of sp³-hybridized carbons (Fsp3) is 0.467. The highest BCUT2D eigenvalue weighted by Gasteiger charge is 2.27. The molecule has 2 amide bonds. The third kappa shape index (κ3) is 4.72. The van der Waals surface area contributed by atoms with Gasteiger partial charge < -0.3 is 15.0 Å². The highest BCUT2D eigenvalue weighted by molar-refractivity contribution is 6.33. The molecule has 1 fully saturated rings. The van der Waals surface area contributed by atoms with Gasteiger partial charge >= 0.3 is 6.09 Å². The first kappa shape index (κ1) is 17.8. The van der Waals surface area contributed by atoms with Gasteiger partial charge in [0.2, 0.25) is 0 Å². The van der Waals surface area contributed by atoms with Crippen molar-refractivity contribution < 1.29 is 18.7 Å². The minimum Gasteiger partial charge on any atom is -0.448 e. The van der Waals surface area contributed by atoms with Gasteiger partial charge in [0.15, 0.2) is 0 Å². The predicted octanol–water partition coefficient (Wildman–Crippen LogP) is 3.05. The van der Waals surface area contributed by atoms with Crippen LogP contribution in [-0.4, -0.2) is 48.5 Å². The summed E-state index contributed by atoms with van der Waals surface area (Å²) in [5.41, 5.74) is -0.109. The number of carbonyl (C=O) groups is 2. The molecule has 1 aliphatic rings. The number of ether oxygens (including phenoxy) is 1. The van der Waals surface area contributed by atoms with E-state index in [0.29, 0.717) is 25.9 Å². The SMILES string of the molecule is O=C(NC1CCN(C(=O)c2c(F)cccc2Cl)CC1)OCCCl. The maximum atomic E-state index is 13.8. The van der Waals surface area contributed by atoms with Crippen molar-refractivity contribution in [2.24, 2.45) is 0 Å². The molecule has 1 N–H and O–H groups in total. The van der Waals surface area contributed by atoms with E-state index in [1.54, 1.807) is 0 Å². The Labute approximate surface area is 143 Å². The Morgan fingerprint density at radius 2 is 2.04 bits per heavy atom. The largest absolute Gasteiger partial charge is 0.448 e. The van der Waals surface area contributed by atoms with Gasteiger partial charge in [0.05, 0.1) is 16.5 Å². The van der Waals surface area contributed by atoms with Gasteiger partial charge in [-0.1, -0.05) is 17.7 Å². The lowest BCUT2D eigenvalue weighted by molar-refractivity contribution is 0.0698. The van der Waals surface area contributed by atoms with E-state index in [-0.39, 0.29) is 29.1 Å². The maximum Gasteiger partial charge on any atom is 0.407 e. The van der Waals surface area contributed by atoms with Gasteiger partial charge in [-0.25, -0.2) is 9.18 Å². The van der Waals surface area contributed by atoms with E-state index in [1.807, 2.05) is 0 Å². The van der Waals surface area contributed by atoms with Gasteiger partial charge in [-0.2, -0.15) is 0 Å². The van der Waals surface area contributed by atoms with E-state index in [0.717, 1.165) is 0 Å². The molecular weight excluding hydrogens is 346 g/mol. The molecule has 1 saturated heterocycles. The summed E-state index contributed by atoms with van der Waals surface area (Å²) < 4.78 is 18.6. The molecule has 0 atom stereocenters. The summed E-state index contributed by atoms with van der Waals surface area (Å²) in [5.74, 6) is -0.826. The average molecular weight is 363 g/mol. The van der Waals surface area contributed by atoms with E-state index >= 15 is 0 Å². The molecular formula is C15H17Cl2FN2O3. The fourth-order valence-corrected chi connectivity index (χ4v) is 2.75. The molecule has 23 heavy (non-hydrogen) atoms. The quantitative estimate of drug-likeness (QED) is 0.837. The number of rotatable bonds is 4. The van der Waals surface area contributed by atoms with Gasteiger partial charge in [0.25, 0.3) is 5.91 Å². The van der Waals surface area contributed by atoms with E-state index in [1.165, 1.54) is 23.1 Å². The smallest absolute Gasteiger partial charge is 0.407 e. The zero-order valence-corrected chi connectivity index (χ0v) is 13.9. The van der Waals surface area contributed by atoms with Crippen LogP contribution < -0.4 is 5.32 Å². The number of hydrogen-bond acceptors (Lipinski definition) is 3. The molecule has 0 saturated carbocycles. The molecule has 1 aromatic carbocycles. The molecule has 0 aromatic heterocycles. The van der Waals surface area contributed by atoms with Crippen molar-refractivity contribution in [3.63, 3.8) is 0 Å². The van der Waals surface area contributed by atoms with E-state index in [4.69, 9.17) is 27.9 Å². The molecule has 0 aliphatic carbocycles. The molecule has 1 aliphatic heterocycles. The summed E-state index contributed by atoms with van der Waals surface area (Å²) >= 11 is 11.4. The molecule has 0 bridgehead atoms. The van der Waals surface area contributed by atoms with Gasteiger partial charge in [-0.05, 0) is 25.0 Å². The third-order valence-corrected chi connectivity index (χ3v) is 4.06. The number of piperidine rings is 1. The van der Waals surface area contributed by atoms with Gasteiger partial charge in [-0.3, -0.25) is 4.79 Å². The molecule has 0 unspecified atom stereocenters. The van der Waals surface area contributed by atoms with Crippen LogP contribution in [0.1, 0.15) is 23.2 Å². The van der Waals surface area contributed by atoms with Crippen LogP contribution in [0.4, 0.5) is 9.18 Å². The standard InChI is InChI=1S/C15H17Cl2FN2O3/c16-6-9-23-15(22)19-10-4-7-20(8-5-10)14(21)13-11(17)2-1-3-12(13)18/h1-3,10H,4-9H2,(H,19,22). The topological polar surface area (TPSA) is 58.6 Å². The molecule has 8 heteroatoms. The molecule has 5 nitrogen and oxygen atoms in total. The fourth-order valence-electron chi connectivity index (χ4n) is 2.43. The maximum absolute atomic E-state index is 13.8. The van der Waals surface area contributed by atoms with E-state index in [9.17, 15) is 14.0 Å². The Morgan fingerprint density at radius 1 is 1.35 bits per heavy atom. The second-order valence-corrected chi connectivity index (χ2v) is 5.92. The average Bonchev–Trinajstić information content (AvgIpc) is 2.53. The van der Waals surface area contributed by atoms with Crippen molar-refractivity contribution in [2.75, 3.05) is 25.6 Å². The monoisotopic (exact) mass is 362 g/mol. The zero-order chi connectivity index (χ0) is 16.8. The van der Waals surface area contributed by atoms with Gasteiger partial charge in [-0.15, -0.1) is 11.6 Å². The van der Waals surface area contributed by atoms with Crippen molar-refractivity contribution >= 4 is 35.2 Å². The predicted molar refractivity (Wildman–Crippen MR) is 85.5 cm³/mol. The molecule has 1 aromatic rings. The summed E-state index contributed by atoms with van der Waals surface area (Å²) in [6.45, 7) is 0.963. The molecule has 0 radical (unpaired) electrons. The molecule has 0 spiro atoms. The number of nitrogens with zero attached hydrogens (tertiary/aromatic N) is 1. The molecule has 2 rings (SSSR count). The summed E-state index contributed by atoms with van der Waals surface area (Å²) in [4.78, 5) is 25.4. The number of hydrogen-bond donors (Lipinski definition) is 1. The minimum absolute atomic E-state index is 0.0852. The number of carbonyl (C=O) groups excluding carboxylic acids is 2. The lowest BCUT2D eigenvalue weighted by Gasteiger charge is -2.32. The second-order valence-electron chi connectivity index (χ2n) is 5.13. The molecule has 1 heterocycles. The van der Waals surface area contributed by atoms with Crippen LogP contribution in [0.2, 0.25) is 5.02 Å². The Kier molecular flexibility index (Phi) is 6.47. The van der Waals surface area contributed by atoms with Gasteiger partial charge in [0.1, 0.15) is 12.4 Å². The van der Waals surface area contributed by atoms with Crippen LogP contribution in [0.5, 0.6) is 0 Å². The van der Waals surface area contributed by atoms with Gasteiger partial charge in [0, 0.05) is 19.1 Å². The zero-order valence-electron chi connectivity index (χ0n) is 12.4. The summed E-state index contributed by atoms with van der Waals surface area (Å²) in [5, 5.41) is 2.81. The van der Waals surface area contributed by atoms with E-state index < -0.39 is 17.8 Å². The number of nitrogens with one attached hydrogen (secondary N) is 1. The number of halogens is 3. The van der Waals surface area contributed by atoms with Crippen LogP contribution >= 0.6 is 23.2 Å².